The Kier molecular flexibility index (Phi) is 2.95. The van der Waals surface area contributed by atoms with E-state index in [-0.39, 0.29) is 10.8 Å². The van der Waals surface area contributed by atoms with Gasteiger partial charge in [-0.15, -0.1) is 0 Å². The van der Waals surface area contributed by atoms with Crippen molar-refractivity contribution in [3.63, 3.8) is 0 Å². The predicted octanol–water partition coefficient (Wildman–Crippen LogP) is 1.14. The maximum atomic E-state index is 12.4. The molecule has 8 heteroatoms. The van der Waals surface area contributed by atoms with E-state index in [1.165, 1.54) is 10.5 Å². The molecule has 0 bridgehead atoms. The minimum absolute atomic E-state index is 0.112. The first-order valence-electron chi connectivity index (χ1n) is 6.85. The van der Waals surface area contributed by atoms with Crippen LogP contribution in [0.3, 0.4) is 0 Å². The molecule has 22 heavy (non-hydrogen) atoms. The summed E-state index contributed by atoms with van der Waals surface area (Å²) in [5.74, 6) is 0.112. The van der Waals surface area contributed by atoms with Crippen molar-refractivity contribution in [2.45, 2.75) is 10.8 Å². The fourth-order valence-electron chi connectivity index (χ4n) is 2.65. The van der Waals surface area contributed by atoms with Crippen molar-refractivity contribution < 1.29 is 8.42 Å². The van der Waals surface area contributed by atoms with E-state index in [9.17, 15) is 8.42 Å². The van der Waals surface area contributed by atoms with Crippen LogP contribution in [0.25, 0.3) is 11.0 Å². The van der Waals surface area contributed by atoms with Gasteiger partial charge in [0.25, 0.3) is 0 Å². The highest BCUT2D eigenvalue weighted by Gasteiger charge is 2.39. The number of fused-ring (bicyclic) bond motifs is 1. The molecule has 0 aliphatic carbocycles. The first-order chi connectivity index (χ1) is 10.7. The SMILES string of the molecule is O=S(=O)(c1cccnc1)N1CC(c2[nH]nc3ncccc23)C1. The molecule has 3 aromatic heterocycles. The molecular formula is C14H13N5O2S. The Hall–Kier alpha value is -2.32. The van der Waals surface area contributed by atoms with Crippen LogP contribution in [0.4, 0.5) is 0 Å². The smallest absolute Gasteiger partial charge is 0.244 e. The summed E-state index contributed by atoms with van der Waals surface area (Å²) in [6, 6.07) is 6.98. The molecule has 0 spiro atoms. The highest BCUT2D eigenvalue weighted by molar-refractivity contribution is 7.89. The Morgan fingerprint density at radius 3 is 2.77 bits per heavy atom. The molecule has 4 heterocycles. The summed E-state index contributed by atoms with van der Waals surface area (Å²) in [5.41, 5.74) is 1.60. The minimum Gasteiger partial charge on any atom is -0.279 e. The molecule has 0 radical (unpaired) electrons. The summed E-state index contributed by atoms with van der Waals surface area (Å²) in [6.07, 6.45) is 4.62. The highest BCUT2D eigenvalue weighted by atomic mass is 32.2. The summed E-state index contributed by atoms with van der Waals surface area (Å²) >= 11 is 0. The number of rotatable bonds is 3. The van der Waals surface area contributed by atoms with E-state index in [0.29, 0.717) is 18.7 Å². The number of nitrogens with zero attached hydrogens (tertiary/aromatic N) is 4. The first kappa shape index (κ1) is 13.4. The van der Waals surface area contributed by atoms with Crippen molar-refractivity contribution >= 4 is 21.1 Å². The van der Waals surface area contributed by atoms with Gasteiger partial charge in [0.1, 0.15) is 4.90 Å². The zero-order chi connectivity index (χ0) is 15.2. The summed E-state index contributed by atoms with van der Waals surface area (Å²) in [5, 5.41) is 8.08. The van der Waals surface area contributed by atoms with Crippen LogP contribution in [0.1, 0.15) is 11.6 Å². The maximum absolute atomic E-state index is 12.4. The molecule has 0 atom stereocenters. The number of H-pyrrole nitrogens is 1. The van der Waals surface area contributed by atoms with Gasteiger partial charge in [-0.05, 0) is 24.3 Å². The van der Waals surface area contributed by atoms with Crippen molar-refractivity contribution in [3.8, 4) is 0 Å². The van der Waals surface area contributed by atoms with E-state index in [2.05, 4.69) is 20.2 Å². The first-order valence-corrected chi connectivity index (χ1v) is 8.29. The normalized spacial score (nSPS) is 16.7. The van der Waals surface area contributed by atoms with Gasteiger partial charge < -0.3 is 0 Å². The van der Waals surface area contributed by atoms with Crippen LogP contribution >= 0.6 is 0 Å². The Bertz CT molecular complexity index is 917. The average Bonchev–Trinajstić information content (AvgIpc) is 2.91. The fraction of sp³-hybridized carbons (Fsp3) is 0.214. The molecule has 1 fully saturated rings. The fourth-order valence-corrected chi connectivity index (χ4v) is 4.14. The molecule has 0 amide bonds. The van der Waals surface area contributed by atoms with E-state index in [0.717, 1.165) is 11.1 Å². The second-order valence-electron chi connectivity index (χ2n) is 5.22. The third-order valence-electron chi connectivity index (χ3n) is 3.89. The Balaban J connectivity index is 1.57. The number of aromatic amines is 1. The van der Waals surface area contributed by atoms with E-state index < -0.39 is 10.0 Å². The summed E-state index contributed by atoms with van der Waals surface area (Å²) in [4.78, 5) is 8.27. The van der Waals surface area contributed by atoms with Crippen molar-refractivity contribution in [2.75, 3.05) is 13.1 Å². The topological polar surface area (TPSA) is 91.8 Å². The van der Waals surface area contributed by atoms with Gasteiger partial charge in [0.05, 0.1) is 5.69 Å². The van der Waals surface area contributed by atoms with Gasteiger partial charge in [-0.2, -0.15) is 9.40 Å². The van der Waals surface area contributed by atoms with E-state index in [1.54, 1.807) is 24.5 Å². The standard InChI is InChI=1S/C14H13N5O2S/c20-22(21,11-3-1-5-15-7-11)19-8-10(9-19)13-12-4-2-6-16-14(12)18-17-13/h1-7,10H,8-9H2,(H,16,17,18). The number of aromatic nitrogens is 4. The second-order valence-corrected chi connectivity index (χ2v) is 7.16. The van der Waals surface area contributed by atoms with Gasteiger partial charge in [0.15, 0.2) is 5.65 Å². The van der Waals surface area contributed by atoms with Crippen molar-refractivity contribution in [1.29, 1.82) is 0 Å². The van der Waals surface area contributed by atoms with E-state index >= 15 is 0 Å². The highest BCUT2D eigenvalue weighted by Crippen LogP contribution is 2.33. The van der Waals surface area contributed by atoms with Gasteiger partial charge in [-0.1, -0.05) is 0 Å². The number of hydrogen-bond donors (Lipinski definition) is 1. The number of pyridine rings is 2. The lowest BCUT2D eigenvalue weighted by Crippen LogP contribution is -2.48. The molecule has 112 valence electrons. The Labute approximate surface area is 127 Å². The molecule has 1 saturated heterocycles. The Morgan fingerprint density at radius 2 is 2.00 bits per heavy atom. The van der Waals surface area contributed by atoms with Gasteiger partial charge in [-0.25, -0.2) is 13.4 Å². The number of sulfonamides is 1. The monoisotopic (exact) mass is 315 g/mol. The molecule has 3 aromatic rings. The molecule has 1 N–H and O–H groups in total. The molecule has 0 unspecified atom stereocenters. The van der Waals surface area contributed by atoms with Gasteiger partial charge in [-0.3, -0.25) is 10.1 Å². The zero-order valence-corrected chi connectivity index (χ0v) is 12.4. The van der Waals surface area contributed by atoms with Gasteiger partial charge >= 0.3 is 0 Å². The number of nitrogens with one attached hydrogen (secondary N) is 1. The van der Waals surface area contributed by atoms with Crippen LogP contribution in [-0.2, 0) is 10.0 Å². The van der Waals surface area contributed by atoms with Gasteiger partial charge in [0, 0.05) is 43.0 Å². The predicted molar refractivity (Wildman–Crippen MR) is 79.6 cm³/mol. The van der Waals surface area contributed by atoms with Crippen LogP contribution in [0.2, 0.25) is 0 Å². The molecule has 4 rings (SSSR count). The molecule has 1 aliphatic rings. The van der Waals surface area contributed by atoms with Crippen LogP contribution < -0.4 is 0 Å². The van der Waals surface area contributed by atoms with Crippen LogP contribution in [-0.4, -0.2) is 46.0 Å². The summed E-state index contributed by atoms with van der Waals surface area (Å²) in [7, 11) is -3.46. The lowest BCUT2D eigenvalue weighted by atomic mass is 9.97. The Morgan fingerprint density at radius 1 is 1.18 bits per heavy atom. The van der Waals surface area contributed by atoms with Crippen LogP contribution in [0.5, 0.6) is 0 Å². The maximum Gasteiger partial charge on any atom is 0.244 e. The van der Waals surface area contributed by atoms with Crippen LogP contribution in [0, 0.1) is 0 Å². The average molecular weight is 315 g/mol. The second kappa shape index (κ2) is 4.85. The lowest BCUT2D eigenvalue weighted by Gasteiger charge is -2.37. The van der Waals surface area contributed by atoms with Crippen LogP contribution in [0.15, 0.2) is 47.8 Å². The third-order valence-corrected chi connectivity index (χ3v) is 5.70. The lowest BCUT2D eigenvalue weighted by molar-refractivity contribution is 0.261. The molecule has 0 saturated carbocycles. The summed E-state index contributed by atoms with van der Waals surface area (Å²) < 4.78 is 26.3. The minimum atomic E-state index is -3.46. The van der Waals surface area contributed by atoms with Crippen molar-refractivity contribution in [3.05, 3.63) is 48.5 Å². The van der Waals surface area contributed by atoms with Crippen molar-refractivity contribution in [1.82, 2.24) is 24.5 Å². The molecule has 0 aromatic carbocycles. The summed E-state index contributed by atoms with van der Waals surface area (Å²) in [6.45, 7) is 0.868. The quantitative estimate of drug-likeness (QED) is 0.782. The molecule has 1 aliphatic heterocycles. The van der Waals surface area contributed by atoms with E-state index in [4.69, 9.17) is 0 Å². The van der Waals surface area contributed by atoms with E-state index in [1.807, 2.05) is 12.1 Å². The largest absolute Gasteiger partial charge is 0.279 e. The molecular weight excluding hydrogens is 302 g/mol. The molecule has 7 nitrogen and oxygen atoms in total. The zero-order valence-electron chi connectivity index (χ0n) is 11.5. The van der Waals surface area contributed by atoms with Crippen molar-refractivity contribution in [2.24, 2.45) is 0 Å². The number of hydrogen-bond acceptors (Lipinski definition) is 5. The van der Waals surface area contributed by atoms with Gasteiger partial charge in [0.2, 0.25) is 10.0 Å². The third kappa shape index (κ3) is 1.99.